The molecule has 0 fully saturated rings. The Morgan fingerprint density at radius 1 is 1.50 bits per heavy atom. The molecule has 0 aliphatic carbocycles. The standard InChI is InChI=1S/C9H22N2S/c1-4-6-11(2)9(8-10)5-7-12-3/h9H,4-8,10H2,1-3H3. The van der Waals surface area contributed by atoms with E-state index in [4.69, 9.17) is 5.73 Å². The van der Waals surface area contributed by atoms with Gasteiger partial charge in [-0.05, 0) is 38.4 Å². The van der Waals surface area contributed by atoms with E-state index in [1.807, 2.05) is 11.8 Å². The summed E-state index contributed by atoms with van der Waals surface area (Å²) < 4.78 is 0. The van der Waals surface area contributed by atoms with Crippen LogP contribution < -0.4 is 5.73 Å². The Kier molecular flexibility index (Phi) is 8.07. The predicted octanol–water partition coefficient (Wildman–Crippen LogP) is 1.41. The van der Waals surface area contributed by atoms with E-state index in [-0.39, 0.29) is 0 Å². The lowest BCUT2D eigenvalue weighted by Crippen LogP contribution is -2.38. The maximum absolute atomic E-state index is 5.69. The molecule has 0 radical (unpaired) electrons. The Hall–Kier alpha value is 0.270. The van der Waals surface area contributed by atoms with Crippen LogP contribution in [-0.2, 0) is 0 Å². The number of hydrogen-bond donors (Lipinski definition) is 1. The first-order chi connectivity index (χ1) is 5.76. The van der Waals surface area contributed by atoms with Crippen LogP contribution in [0.15, 0.2) is 0 Å². The van der Waals surface area contributed by atoms with Crippen LogP contribution in [0.5, 0.6) is 0 Å². The minimum absolute atomic E-state index is 0.581. The zero-order valence-corrected chi connectivity index (χ0v) is 9.36. The average molecular weight is 190 g/mol. The van der Waals surface area contributed by atoms with Crippen molar-refractivity contribution in [2.75, 3.05) is 32.1 Å². The topological polar surface area (TPSA) is 29.3 Å². The summed E-state index contributed by atoms with van der Waals surface area (Å²) in [6, 6.07) is 0.581. The van der Waals surface area contributed by atoms with Crippen LogP contribution in [0.4, 0.5) is 0 Å². The number of likely N-dealkylation sites (N-methyl/N-ethyl adjacent to an activating group) is 1. The molecule has 2 N–H and O–H groups in total. The largest absolute Gasteiger partial charge is 0.329 e. The Morgan fingerprint density at radius 2 is 2.17 bits per heavy atom. The van der Waals surface area contributed by atoms with Gasteiger partial charge in [0.1, 0.15) is 0 Å². The fraction of sp³-hybridized carbons (Fsp3) is 1.00. The maximum atomic E-state index is 5.69. The van der Waals surface area contributed by atoms with Gasteiger partial charge >= 0.3 is 0 Å². The summed E-state index contributed by atoms with van der Waals surface area (Å²) >= 11 is 1.90. The lowest BCUT2D eigenvalue weighted by atomic mass is 10.2. The van der Waals surface area contributed by atoms with Crippen LogP contribution in [-0.4, -0.2) is 43.1 Å². The van der Waals surface area contributed by atoms with Gasteiger partial charge in [0.2, 0.25) is 0 Å². The Bertz CT molecular complexity index is 98.5. The lowest BCUT2D eigenvalue weighted by Gasteiger charge is -2.26. The lowest BCUT2D eigenvalue weighted by molar-refractivity contribution is 0.243. The van der Waals surface area contributed by atoms with Crippen LogP contribution in [0, 0.1) is 0 Å². The third kappa shape index (κ3) is 5.01. The first-order valence-electron chi connectivity index (χ1n) is 4.65. The zero-order valence-electron chi connectivity index (χ0n) is 8.55. The number of hydrogen-bond acceptors (Lipinski definition) is 3. The molecule has 74 valence electrons. The van der Waals surface area contributed by atoms with Gasteiger partial charge in [0.25, 0.3) is 0 Å². The van der Waals surface area contributed by atoms with E-state index in [1.165, 1.54) is 18.6 Å². The molecule has 0 amide bonds. The van der Waals surface area contributed by atoms with Crippen LogP contribution in [0.25, 0.3) is 0 Å². The zero-order chi connectivity index (χ0) is 9.40. The molecule has 0 heterocycles. The maximum Gasteiger partial charge on any atom is 0.0223 e. The normalized spacial score (nSPS) is 13.8. The van der Waals surface area contributed by atoms with Crippen molar-refractivity contribution in [1.29, 1.82) is 0 Å². The second-order valence-electron chi connectivity index (χ2n) is 3.15. The van der Waals surface area contributed by atoms with Crippen molar-refractivity contribution >= 4 is 11.8 Å². The van der Waals surface area contributed by atoms with Gasteiger partial charge in [-0.2, -0.15) is 11.8 Å². The van der Waals surface area contributed by atoms with Crippen LogP contribution in [0.3, 0.4) is 0 Å². The van der Waals surface area contributed by atoms with Gasteiger partial charge in [-0.25, -0.2) is 0 Å². The molecule has 0 saturated heterocycles. The first-order valence-corrected chi connectivity index (χ1v) is 6.04. The molecule has 0 aromatic rings. The van der Waals surface area contributed by atoms with Gasteiger partial charge in [0.05, 0.1) is 0 Å². The van der Waals surface area contributed by atoms with E-state index < -0.39 is 0 Å². The molecule has 3 heteroatoms. The van der Waals surface area contributed by atoms with Crippen molar-refractivity contribution in [1.82, 2.24) is 4.90 Å². The molecule has 0 spiro atoms. The highest BCUT2D eigenvalue weighted by Crippen LogP contribution is 2.05. The summed E-state index contributed by atoms with van der Waals surface area (Å²) in [7, 11) is 2.17. The molecule has 2 nitrogen and oxygen atoms in total. The molecule has 1 unspecified atom stereocenters. The molecule has 0 saturated carbocycles. The van der Waals surface area contributed by atoms with E-state index >= 15 is 0 Å². The summed E-state index contributed by atoms with van der Waals surface area (Å²) in [4.78, 5) is 2.37. The highest BCUT2D eigenvalue weighted by molar-refractivity contribution is 7.98. The summed E-state index contributed by atoms with van der Waals surface area (Å²) in [6.45, 7) is 4.16. The van der Waals surface area contributed by atoms with Gasteiger partial charge in [-0.1, -0.05) is 6.92 Å². The van der Waals surface area contributed by atoms with E-state index in [9.17, 15) is 0 Å². The number of thioether (sulfide) groups is 1. The van der Waals surface area contributed by atoms with Crippen LogP contribution in [0.1, 0.15) is 19.8 Å². The number of rotatable bonds is 7. The monoisotopic (exact) mass is 190 g/mol. The molecular weight excluding hydrogens is 168 g/mol. The minimum Gasteiger partial charge on any atom is -0.329 e. The summed E-state index contributed by atoms with van der Waals surface area (Å²) in [6.07, 6.45) is 4.58. The van der Waals surface area contributed by atoms with Gasteiger partial charge in [-0.15, -0.1) is 0 Å². The fourth-order valence-electron chi connectivity index (χ4n) is 1.31. The molecule has 1 atom stereocenters. The van der Waals surface area contributed by atoms with E-state index in [1.54, 1.807) is 0 Å². The van der Waals surface area contributed by atoms with Crippen molar-refractivity contribution in [3.05, 3.63) is 0 Å². The van der Waals surface area contributed by atoms with E-state index in [0.717, 1.165) is 13.1 Å². The molecular formula is C9H22N2S. The van der Waals surface area contributed by atoms with Crippen molar-refractivity contribution in [3.63, 3.8) is 0 Å². The van der Waals surface area contributed by atoms with E-state index in [2.05, 4.69) is 25.1 Å². The molecule has 0 rings (SSSR count). The van der Waals surface area contributed by atoms with Crippen molar-refractivity contribution < 1.29 is 0 Å². The summed E-state index contributed by atoms with van der Waals surface area (Å²) in [5.74, 6) is 1.22. The SMILES string of the molecule is CCCN(C)C(CN)CCSC. The predicted molar refractivity (Wildman–Crippen MR) is 58.8 cm³/mol. The third-order valence-corrected chi connectivity index (χ3v) is 2.77. The molecule has 12 heavy (non-hydrogen) atoms. The Labute approximate surface area is 80.9 Å². The second kappa shape index (κ2) is 7.90. The number of nitrogens with zero attached hydrogens (tertiary/aromatic N) is 1. The number of nitrogens with two attached hydrogens (primary N) is 1. The highest BCUT2D eigenvalue weighted by Gasteiger charge is 2.10. The van der Waals surface area contributed by atoms with Gasteiger partial charge in [0, 0.05) is 12.6 Å². The average Bonchev–Trinajstić information content (AvgIpc) is 2.06. The molecule has 0 aliphatic heterocycles. The summed E-state index contributed by atoms with van der Waals surface area (Å²) in [5, 5.41) is 0. The molecule has 0 aliphatic rings. The minimum atomic E-state index is 0.581. The van der Waals surface area contributed by atoms with E-state index in [0.29, 0.717) is 6.04 Å². The first kappa shape index (κ1) is 12.3. The van der Waals surface area contributed by atoms with Gasteiger partial charge < -0.3 is 10.6 Å². The van der Waals surface area contributed by atoms with Gasteiger partial charge in [0.15, 0.2) is 0 Å². The van der Waals surface area contributed by atoms with Crippen LogP contribution in [0.2, 0.25) is 0 Å². The van der Waals surface area contributed by atoms with Crippen LogP contribution >= 0.6 is 11.8 Å². The fourth-order valence-corrected chi connectivity index (χ4v) is 1.82. The van der Waals surface area contributed by atoms with Crippen molar-refractivity contribution in [2.24, 2.45) is 5.73 Å². The molecule has 0 bridgehead atoms. The second-order valence-corrected chi connectivity index (χ2v) is 4.14. The smallest absolute Gasteiger partial charge is 0.0223 e. The quantitative estimate of drug-likeness (QED) is 0.658. The third-order valence-electron chi connectivity index (χ3n) is 2.13. The Balaban J connectivity index is 3.62. The Morgan fingerprint density at radius 3 is 2.58 bits per heavy atom. The van der Waals surface area contributed by atoms with Crippen molar-refractivity contribution in [3.8, 4) is 0 Å². The van der Waals surface area contributed by atoms with Crippen molar-refractivity contribution in [2.45, 2.75) is 25.8 Å². The van der Waals surface area contributed by atoms with Gasteiger partial charge in [-0.3, -0.25) is 0 Å². The molecule has 0 aromatic heterocycles. The summed E-state index contributed by atoms with van der Waals surface area (Å²) in [5.41, 5.74) is 5.69. The highest BCUT2D eigenvalue weighted by atomic mass is 32.2. The molecule has 0 aromatic carbocycles.